The van der Waals surface area contributed by atoms with E-state index in [1.165, 1.54) is 6.92 Å². The maximum atomic E-state index is 11.3. The standard InChI is InChI=1S/C9H19N3O3/c1-6(9(14)15)12-8(13)7(11)4-2-3-5-10/h6-7H,2-5,10-11H2,1H3,(H,12,13)(H,14,15)/t6?,7-/m1/s1. The Morgan fingerprint density at radius 3 is 2.47 bits per heavy atom. The molecule has 15 heavy (non-hydrogen) atoms. The largest absolute Gasteiger partial charge is 0.480 e. The van der Waals surface area contributed by atoms with Crippen LogP contribution < -0.4 is 16.8 Å². The molecule has 0 fully saturated rings. The van der Waals surface area contributed by atoms with Crippen LogP contribution in [0, 0.1) is 0 Å². The van der Waals surface area contributed by atoms with E-state index in [1.54, 1.807) is 0 Å². The lowest BCUT2D eigenvalue weighted by Crippen LogP contribution is -2.47. The molecule has 6 nitrogen and oxygen atoms in total. The topological polar surface area (TPSA) is 118 Å². The van der Waals surface area contributed by atoms with Crippen molar-refractivity contribution in [3.8, 4) is 0 Å². The van der Waals surface area contributed by atoms with Crippen molar-refractivity contribution >= 4 is 11.9 Å². The number of hydrogen-bond acceptors (Lipinski definition) is 4. The van der Waals surface area contributed by atoms with Crippen molar-refractivity contribution in [3.05, 3.63) is 0 Å². The molecule has 88 valence electrons. The molecular formula is C9H19N3O3. The second kappa shape index (κ2) is 7.19. The van der Waals surface area contributed by atoms with Gasteiger partial charge < -0.3 is 21.9 Å². The second-order valence-electron chi connectivity index (χ2n) is 3.46. The van der Waals surface area contributed by atoms with Crippen LogP contribution in [0.2, 0.25) is 0 Å². The monoisotopic (exact) mass is 217 g/mol. The second-order valence-corrected chi connectivity index (χ2v) is 3.46. The molecule has 0 aliphatic heterocycles. The first-order valence-corrected chi connectivity index (χ1v) is 4.98. The van der Waals surface area contributed by atoms with Crippen molar-refractivity contribution in [1.29, 1.82) is 0 Å². The summed E-state index contributed by atoms with van der Waals surface area (Å²) in [4.78, 5) is 21.8. The Morgan fingerprint density at radius 1 is 1.40 bits per heavy atom. The van der Waals surface area contributed by atoms with Crippen molar-refractivity contribution in [3.63, 3.8) is 0 Å². The van der Waals surface area contributed by atoms with Gasteiger partial charge in [0.25, 0.3) is 0 Å². The molecule has 2 atom stereocenters. The van der Waals surface area contributed by atoms with Gasteiger partial charge in [-0.15, -0.1) is 0 Å². The molecule has 0 aromatic heterocycles. The van der Waals surface area contributed by atoms with E-state index in [0.29, 0.717) is 13.0 Å². The molecule has 0 aliphatic rings. The molecule has 0 aliphatic carbocycles. The van der Waals surface area contributed by atoms with E-state index in [4.69, 9.17) is 16.6 Å². The summed E-state index contributed by atoms with van der Waals surface area (Å²) in [5.74, 6) is -1.50. The van der Waals surface area contributed by atoms with Crippen LogP contribution in [0.3, 0.4) is 0 Å². The van der Waals surface area contributed by atoms with Crippen molar-refractivity contribution < 1.29 is 14.7 Å². The third-order valence-corrected chi connectivity index (χ3v) is 2.04. The van der Waals surface area contributed by atoms with E-state index in [9.17, 15) is 9.59 Å². The van der Waals surface area contributed by atoms with Crippen LogP contribution in [0.1, 0.15) is 26.2 Å². The van der Waals surface area contributed by atoms with Crippen molar-refractivity contribution in [2.24, 2.45) is 11.5 Å². The van der Waals surface area contributed by atoms with E-state index in [2.05, 4.69) is 5.32 Å². The highest BCUT2D eigenvalue weighted by Gasteiger charge is 2.18. The number of carbonyl (C=O) groups is 2. The molecule has 0 spiro atoms. The van der Waals surface area contributed by atoms with Gasteiger partial charge in [0, 0.05) is 0 Å². The summed E-state index contributed by atoms with van der Waals surface area (Å²) in [6.07, 6.45) is 2.11. The van der Waals surface area contributed by atoms with E-state index in [-0.39, 0.29) is 0 Å². The van der Waals surface area contributed by atoms with Gasteiger partial charge in [-0.25, -0.2) is 0 Å². The molecule has 6 N–H and O–H groups in total. The number of unbranched alkanes of at least 4 members (excludes halogenated alkanes) is 1. The number of carboxylic acid groups (broad SMARTS) is 1. The summed E-state index contributed by atoms with van der Waals surface area (Å²) in [5.41, 5.74) is 10.9. The minimum atomic E-state index is -1.07. The lowest BCUT2D eigenvalue weighted by molar-refractivity contribution is -0.141. The van der Waals surface area contributed by atoms with Gasteiger partial charge in [-0.2, -0.15) is 0 Å². The number of aliphatic carboxylic acids is 1. The molecule has 6 heteroatoms. The van der Waals surface area contributed by atoms with Crippen LogP contribution in [0.15, 0.2) is 0 Å². The summed E-state index contributed by atoms with van der Waals surface area (Å²) in [7, 11) is 0. The molecule has 0 aromatic carbocycles. The van der Waals surface area contributed by atoms with Gasteiger partial charge >= 0.3 is 5.97 Å². The average Bonchev–Trinajstić information content (AvgIpc) is 2.17. The number of rotatable bonds is 7. The number of carbonyl (C=O) groups excluding carboxylic acids is 1. The van der Waals surface area contributed by atoms with Crippen molar-refractivity contribution in [1.82, 2.24) is 5.32 Å². The first-order valence-electron chi connectivity index (χ1n) is 4.98. The van der Waals surface area contributed by atoms with Crippen molar-refractivity contribution in [2.75, 3.05) is 6.54 Å². The quantitative estimate of drug-likeness (QED) is 0.409. The van der Waals surface area contributed by atoms with Gasteiger partial charge in [0.15, 0.2) is 0 Å². The summed E-state index contributed by atoms with van der Waals surface area (Å²) >= 11 is 0. The van der Waals surface area contributed by atoms with Gasteiger partial charge in [0.2, 0.25) is 5.91 Å². The van der Waals surface area contributed by atoms with E-state index >= 15 is 0 Å². The Balaban J connectivity index is 3.83. The van der Waals surface area contributed by atoms with Gasteiger partial charge in [-0.05, 0) is 26.3 Å². The zero-order chi connectivity index (χ0) is 11.8. The van der Waals surface area contributed by atoms with Crippen molar-refractivity contribution in [2.45, 2.75) is 38.3 Å². The fraction of sp³-hybridized carbons (Fsp3) is 0.778. The van der Waals surface area contributed by atoms with E-state index in [0.717, 1.165) is 12.8 Å². The van der Waals surface area contributed by atoms with Crippen LogP contribution in [-0.4, -0.2) is 35.6 Å². The van der Waals surface area contributed by atoms with Crippen LogP contribution in [0.5, 0.6) is 0 Å². The average molecular weight is 217 g/mol. The predicted molar refractivity (Wildman–Crippen MR) is 56.1 cm³/mol. The number of hydrogen-bond donors (Lipinski definition) is 4. The molecule has 0 bridgehead atoms. The minimum absolute atomic E-state index is 0.429. The predicted octanol–water partition coefficient (Wildman–Crippen LogP) is -0.968. The SMILES string of the molecule is CC(NC(=O)[C@H](N)CCCCN)C(=O)O. The minimum Gasteiger partial charge on any atom is -0.480 e. The van der Waals surface area contributed by atoms with Gasteiger partial charge in [-0.1, -0.05) is 6.42 Å². The fourth-order valence-corrected chi connectivity index (χ4v) is 1.02. The Labute approximate surface area is 89.0 Å². The van der Waals surface area contributed by atoms with Gasteiger partial charge in [0.1, 0.15) is 6.04 Å². The summed E-state index contributed by atoms with van der Waals surface area (Å²) in [6, 6.07) is -1.56. The fourth-order valence-electron chi connectivity index (χ4n) is 1.02. The third-order valence-electron chi connectivity index (χ3n) is 2.04. The van der Waals surface area contributed by atoms with Crippen LogP contribution in [0.25, 0.3) is 0 Å². The summed E-state index contributed by atoms with van der Waals surface area (Å²) in [6.45, 7) is 1.96. The molecule has 0 aromatic rings. The molecule has 0 radical (unpaired) electrons. The van der Waals surface area contributed by atoms with Crippen LogP contribution in [0.4, 0.5) is 0 Å². The Kier molecular flexibility index (Phi) is 6.64. The molecule has 0 saturated carbocycles. The number of amides is 1. The molecule has 0 rings (SSSR count). The van der Waals surface area contributed by atoms with Crippen LogP contribution >= 0.6 is 0 Å². The molecule has 1 amide bonds. The van der Waals surface area contributed by atoms with Gasteiger partial charge in [-0.3, -0.25) is 9.59 Å². The third kappa shape index (κ3) is 6.03. The number of carboxylic acids is 1. The van der Waals surface area contributed by atoms with Crippen LogP contribution in [-0.2, 0) is 9.59 Å². The lowest BCUT2D eigenvalue weighted by atomic mass is 10.1. The molecule has 1 unspecified atom stereocenters. The first kappa shape index (κ1) is 13.9. The zero-order valence-electron chi connectivity index (χ0n) is 8.90. The summed E-state index contributed by atoms with van der Waals surface area (Å²) < 4.78 is 0. The highest BCUT2D eigenvalue weighted by atomic mass is 16.4. The number of nitrogens with one attached hydrogen (secondary N) is 1. The zero-order valence-corrected chi connectivity index (χ0v) is 8.90. The molecular weight excluding hydrogens is 198 g/mol. The molecule has 0 heterocycles. The van der Waals surface area contributed by atoms with E-state index in [1.807, 2.05) is 0 Å². The Morgan fingerprint density at radius 2 is 2.00 bits per heavy atom. The first-order chi connectivity index (χ1) is 6.99. The Hall–Kier alpha value is -1.14. The maximum absolute atomic E-state index is 11.3. The smallest absolute Gasteiger partial charge is 0.325 e. The Bertz CT molecular complexity index is 221. The van der Waals surface area contributed by atoms with Gasteiger partial charge in [0.05, 0.1) is 6.04 Å². The lowest BCUT2D eigenvalue weighted by Gasteiger charge is -2.14. The highest BCUT2D eigenvalue weighted by Crippen LogP contribution is 1.98. The summed E-state index contributed by atoms with van der Waals surface area (Å²) in [5, 5.41) is 10.9. The normalized spacial score (nSPS) is 14.3. The van der Waals surface area contributed by atoms with E-state index < -0.39 is 24.0 Å². The number of nitrogens with two attached hydrogens (primary N) is 2. The maximum Gasteiger partial charge on any atom is 0.325 e. The molecule has 0 saturated heterocycles. The highest BCUT2D eigenvalue weighted by molar-refractivity contribution is 5.86.